The van der Waals surface area contributed by atoms with Gasteiger partial charge in [0.2, 0.25) is 0 Å². The summed E-state index contributed by atoms with van der Waals surface area (Å²) in [5.41, 5.74) is 1.78. The Balaban J connectivity index is 2.09. The number of hydrogen-bond donors (Lipinski definition) is 1. The van der Waals surface area contributed by atoms with E-state index in [-0.39, 0.29) is 0 Å². The van der Waals surface area contributed by atoms with Crippen molar-refractivity contribution in [1.82, 2.24) is 18.9 Å². The molecule has 0 radical (unpaired) electrons. The predicted octanol–water partition coefficient (Wildman–Crippen LogP) is 4.19. The van der Waals surface area contributed by atoms with Gasteiger partial charge in [0.15, 0.2) is 11.0 Å². The molecular formula is C10H4Cl3N5S. The largest absolute Gasteiger partial charge is 0.336 e. The molecule has 5 nitrogen and oxygen atoms in total. The van der Waals surface area contributed by atoms with Crippen LogP contribution in [0.4, 0.5) is 11.5 Å². The standard InChI is InChI=1S/C10H4Cl3N5S/c11-4-3-5(12)9-10(18-19-17-9)8(4)14-7-2-1-6(13)15-16-7/h1-3H,(H,14,16). The van der Waals surface area contributed by atoms with Gasteiger partial charge < -0.3 is 5.32 Å². The average Bonchev–Trinajstić information content (AvgIpc) is 2.86. The van der Waals surface area contributed by atoms with Gasteiger partial charge in [0.05, 0.1) is 27.5 Å². The van der Waals surface area contributed by atoms with E-state index in [1.807, 2.05) is 0 Å². The van der Waals surface area contributed by atoms with Crippen molar-refractivity contribution in [2.24, 2.45) is 0 Å². The molecule has 0 fully saturated rings. The molecule has 0 spiro atoms. The van der Waals surface area contributed by atoms with Crippen LogP contribution in [0.5, 0.6) is 0 Å². The first-order valence-electron chi connectivity index (χ1n) is 5.01. The Kier molecular flexibility index (Phi) is 3.40. The summed E-state index contributed by atoms with van der Waals surface area (Å²) in [4.78, 5) is 0. The first-order valence-corrected chi connectivity index (χ1v) is 6.88. The van der Waals surface area contributed by atoms with Crippen molar-refractivity contribution in [3.05, 3.63) is 33.4 Å². The fourth-order valence-corrected chi connectivity index (χ4v) is 2.76. The highest BCUT2D eigenvalue weighted by molar-refractivity contribution is 7.00. The molecule has 3 aromatic rings. The fraction of sp³-hybridized carbons (Fsp3) is 0. The first-order chi connectivity index (χ1) is 9.15. The normalized spacial score (nSPS) is 10.9. The van der Waals surface area contributed by atoms with Crippen molar-refractivity contribution < 1.29 is 0 Å². The minimum atomic E-state index is 0.313. The Bertz CT molecular complexity index is 743. The zero-order chi connectivity index (χ0) is 13.4. The van der Waals surface area contributed by atoms with Crippen molar-refractivity contribution in [3.8, 4) is 0 Å². The van der Waals surface area contributed by atoms with Crippen LogP contribution in [0.3, 0.4) is 0 Å². The molecule has 0 aliphatic rings. The number of halogens is 3. The van der Waals surface area contributed by atoms with Crippen LogP contribution in [0.15, 0.2) is 18.2 Å². The van der Waals surface area contributed by atoms with E-state index in [0.29, 0.717) is 37.7 Å². The molecule has 0 saturated carbocycles. The lowest BCUT2D eigenvalue weighted by Crippen LogP contribution is -1.97. The number of hydrogen-bond acceptors (Lipinski definition) is 6. The Morgan fingerprint density at radius 3 is 2.47 bits per heavy atom. The molecule has 0 aliphatic carbocycles. The van der Waals surface area contributed by atoms with Gasteiger partial charge in [-0.15, -0.1) is 10.2 Å². The maximum absolute atomic E-state index is 6.16. The van der Waals surface area contributed by atoms with Gasteiger partial charge in [-0.25, -0.2) is 0 Å². The summed E-state index contributed by atoms with van der Waals surface area (Å²) in [6.45, 7) is 0. The van der Waals surface area contributed by atoms with Gasteiger partial charge in [-0.2, -0.15) is 8.75 Å². The summed E-state index contributed by atoms with van der Waals surface area (Å²) >= 11 is 18.9. The van der Waals surface area contributed by atoms with Crippen LogP contribution in [0.1, 0.15) is 0 Å². The van der Waals surface area contributed by atoms with Crippen LogP contribution in [-0.4, -0.2) is 18.9 Å². The topological polar surface area (TPSA) is 63.6 Å². The lowest BCUT2D eigenvalue weighted by Gasteiger charge is -2.08. The number of anilines is 2. The van der Waals surface area contributed by atoms with E-state index >= 15 is 0 Å². The summed E-state index contributed by atoms with van der Waals surface area (Å²) in [7, 11) is 0. The van der Waals surface area contributed by atoms with Crippen LogP contribution < -0.4 is 5.32 Å². The molecule has 0 amide bonds. The highest BCUT2D eigenvalue weighted by Crippen LogP contribution is 2.36. The third kappa shape index (κ3) is 2.44. The molecule has 0 atom stereocenters. The van der Waals surface area contributed by atoms with E-state index in [0.717, 1.165) is 11.7 Å². The Morgan fingerprint density at radius 1 is 0.947 bits per heavy atom. The number of aromatic nitrogens is 4. The number of rotatable bonds is 2. The van der Waals surface area contributed by atoms with Crippen LogP contribution in [0.25, 0.3) is 11.0 Å². The molecule has 0 unspecified atom stereocenters. The molecule has 9 heteroatoms. The lowest BCUT2D eigenvalue weighted by molar-refractivity contribution is 1.04. The highest BCUT2D eigenvalue weighted by atomic mass is 35.5. The van der Waals surface area contributed by atoms with E-state index in [2.05, 4.69) is 24.3 Å². The van der Waals surface area contributed by atoms with Gasteiger partial charge in [0.1, 0.15) is 11.0 Å². The van der Waals surface area contributed by atoms with Crippen LogP contribution >= 0.6 is 46.5 Å². The third-order valence-corrected chi connectivity index (χ3v) is 3.65. The van der Waals surface area contributed by atoms with Crippen molar-refractivity contribution in [3.63, 3.8) is 0 Å². The van der Waals surface area contributed by atoms with Gasteiger partial charge in [0, 0.05) is 0 Å². The molecule has 0 saturated heterocycles. The molecule has 96 valence electrons. The first kappa shape index (κ1) is 12.8. The maximum atomic E-state index is 6.16. The lowest BCUT2D eigenvalue weighted by atomic mass is 10.2. The Morgan fingerprint density at radius 2 is 1.74 bits per heavy atom. The van der Waals surface area contributed by atoms with E-state index < -0.39 is 0 Å². The summed E-state index contributed by atoms with van der Waals surface area (Å²) in [6, 6.07) is 4.92. The molecule has 3 rings (SSSR count). The molecule has 0 aliphatic heterocycles. The van der Waals surface area contributed by atoms with Gasteiger partial charge >= 0.3 is 0 Å². The van der Waals surface area contributed by atoms with Crippen LogP contribution in [0, 0.1) is 0 Å². The van der Waals surface area contributed by atoms with E-state index in [4.69, 9.17) is 34.8 Å². The summed E-state index contributed by atoms with van der Waals surface area (Å²) < 4.78 is 8.30. The molecule has 1 aromatic carbocycles. The molecule has 2 aromatic heterocycles. The minimum Gasteiger partial charge on any atom is -0.336 e. The second-order valence-electron chi connectivity index (χ2n) is 3.54. The van der Waals surface area contributed by atoms with Gasteiger partial charge in [-0.05, 0) is 18.2 Å². The third-order valence-electron chi connectivity index (χ3n) is 2.33. The molecular weight excluding hydrogens is 329 g/mol. The SMILES string of the molecule is Clc1ccc(Nc2c(Cl)cc(Cl)c3nsnc23)nn1. The summed E-state index contributed by atoms with van der Waals surface area (Å²) in [5, 5.41) is 11.9. The minimum absolute atomic E-state index is 0.313. The smallest absolute Gasteiger partial charge is 0.153 e. The predicted molar refractivity (Wildman–Crippen MR) is 77.8 cm³/mol. The molecule has 0 bridgehead atoms. The monoisotopic (exact) mass is 331 g/mol. The number of benzene rings is 1. The van der Waals surface area contributed by atoms with E-state index in [9.17, 15) is 0 Å². The average molecular weight is 333 g/mol. The second kappa shape index (κ2) is 5.05. The zero-order valence-electron chi connectivity index (χ0n) is 9.06. The van der Waals surface area contributed by atoms with Crippen LogP contribution in [0.2, 0.25) is 15.2 Å². The quantitative estimate of drug-likeness (QED) is 0.762. The maximum Gasteiger partial charge on any atom is 0.153 e. The van der Waals surface area contributed by atoms with E-state index in [1.165, 1.54) is 0 Å². The zero-order valence-corrected chi connectivity index (χ0v) is 12.1. The molecule has 2 heterocycles. The van der Waals surface area contributed by atoms with Crippen molar-refractivity contribution >= 4 is 69.1 Å². The number of nitrogens with one attached hydrogen (secondary N) is 1. The van der Waals surface area contributed by atoms with Crippen molar-refractivity contribution in [1.29, 1.82) is 0 Å². The van der Waals surface area contributed by atoms with Gasteiger partial charge in [0.25, 0.3) is 0 Å². The highest BCUT2D eigenvalue weighted by Gasteiger charge is 2.14. The van der Waals surface area contributed by atoms with Gasteiger partial charge in [-0.3, -0.25) is 0 Å². The van der Waals surface area contributed by atoms with Gasteiger partial charge in [-0.1, -0.05) is 34.8 Å². The second-order valence-corrected chi connectivity index (χ2v) is 5.27. The fourth-order valence-electron chi connectivity index (χ4n) is 1.50. The Labute approximate surface area is 126 Å². The van der Waals surface area contributed by atoms with Crippen molar-refractivity contribution in [2.45, 2.75) is 0 Å². The summed E-state index contributed by atoms with van der Waals surface area (Å²) in [6.07, 6.45) is 0. The summed E-state index contributed by atoms with van der Waals surface area (Å²) in [5.74, 6) is 0.503. The number of fused-ring (bicyclic) bond motifs is 1. The Hall–Kier alpha value is -1.21. The van der Waals surface area contributed by atoms with Crippen LogP contribution in [-0.2, 0) is 0 Å². The number of nitrogens with zero attached hydrogens (tertiary/aromatic N) is 4. The molecule has 1 N–H and O–H groups in total. The van der Waals surface area contributed by atoms with E-state index in [1.54, 1.807) is 18.2 Å². The molecule has 19 heavy (non-hydrogen) atoms. The van der Waals surface area contributed by atoms with Crippen molar-refractivity contribution in [2.75, 3.05) is 5.32 Å².